The maximum atomic E-state index is 13.9. The van der Waals surface area contributed by atoms with Crippen LogP contribution in [0.4, 0.5) is 13.2 Å². The van der Waals surface area contributed by atoms with Crippen molar-refractivity contribution in [3.05, 3.63) is 40.7 Å². The molecule has 2 aliphatic heterocycles. The molecule has 4 nitrogen and oxygen atoms in total. The monoisotopic (exact) mass is 297 g/mol. The molecule has 0 saturated carbocycles. The summed E-state index contributed by atoms with van der Waals surface area (Å²) in [4.78, 5) is 0. The lowest BCUT2D eigenvalue weighted by Gasteiger charge is -2.11. The minimum Gasteiger partial charge on any atom is -0.494 e. The van der Waals surface area contributed by atoms with Gasteiger partial charge in [-0.2, -0.15) is 0 Å². The molecule has 2 N–H and O–H groups in total. The fourth-order valence-corrected chi connectivity index (χ4v) is 3.20. The van der Waals surface area contributed by atoms with Crippen molar-refractivity contribution in [3.8, 4) is 17.4 Å². The minimum atomic E-state index is -1.65. The van der Waals surface area contributed by atoms with Gasteiger partial charge >= 0.3 is 0 Å². The van der Waals surface area contributed by atoms with Crippen molar-refractivity contribution < 1.29 is 28.1 Å². The van der Waals surface area contributed by atoms with E-state index >= 15 is 0 Å². The van der Waals surface area contributed by atoms with Crippen LogP contribution < -0.4 is 0 Å². The molecule has 0 spiro atoms. The zero-order valence-corrected chi connectivity index (χ0v) is 10.6. The average Bonchev–Trinajstić information content (AvgIpc) is 3.13. The number of aromatic nitrogens is 1. The van der Waals surface area contributed by atoms with E-state index < -0.39 is 34.9 Å². The van der Waals surface area contributed by atoms with Gasteiger partial charge in [-0.1, -0.05) is 0 Å². The predicted molar refractivity (Wildman–Crippen MR) is 64.8 cm³/mol. The SMILES string of the molecule is Oc1c2c(c(O)n1-c1ccc(F)c(F)c1F)[C@H]1CC[C@@H]2O1. The first-order valence-electron chi connectivity index (χ1n) is 6.46. The molecule has 2 bridgehead atoms. The molecule has 110 valence electrons. The van der Waals surface area contributed by atoms with Gasteiger partial charge in [0.25, 0.3) is 0 Å². The molecule has 0 aliphatic carbocycles. The molecule has 1 aromatic carbocycles. The number of nitrogens with zero attached hydrogens (tertiary/aromatic N) is 1. The van der Waals surface area contributed by atoms with Gasteiger partial charge < -0.3 is 14.9 Å². The van der Waals surface area contributed by atoms with Crippen LogP contribution in [-0.4, -0.2) is 14.8 Å². The van der Waals surface area contributed by atoms with Gasteiger partial charge in [0.1, 0.15) is 0 Å². The molecule has 1 saturated heterocycles. The third-order valence-electron chi connectivity index (χ3n) is 4.11. The van der Waals surface area contributed by atoms with E-state index in [0.717, 1.165) is 16.7 Å². The van der Waals surface area contributed by atoms with E-state index in [1.165, 1.54) is 0 Å². The number of halogens is 3. The smallest absolute Gasteiger partial charge is 0.205 e. The number of aromatic hydroxyl groups is 2. The normalized spacial score (nSPS) is 22.8. The van der Waals surface area contributed by atoms with Gasteiger partial charge in [0.05, 0.1) is 29.0 Å². The van der Waals surface area contributed by atoms with Crippen LogP contribution in [0.25, 0.3) is 5.69 Å². The number of benzene rings is 1. The first kappa shape index (κ1) is 12.6. The Kier molecular flexibility index (Phi) is 2.36. The summed E-state index contributed by atoms with van der Waals surface area (Å²) in [5.74, 6) is -5.26. The van der Waals surface area contributed by atoms with Gasteiger partial charge in [0, 0.05) is 0 Å². The summed E-state index contributed by atoms with van der Waals surface area (Å²) in [5.41, 5.74) is 0.346. The van der Waals surface area contributed by atoms with E-state index in [1.54, 1.807) is 0 Å². The maximum Gasteiger partial charge on any atom is 0.205 e. The Bertz CT molecular complexity index is 738. The number of rotatable bonds is 1. The van der Waals surface area contributed by atoms with Crippen molar-refractivity contribution in [2.45, 2.75) is 25.0 Å². The van der Waals surface area contributed by atoms with E-state index in [0.29, 0.717) is 24.0 Å². The molecule has 2 aliphatic rings. The number of ether oxygens (including phenoxy) is 1. The third kappa shape index (κ3) is 1.44. The largest absolute Gasteiger partial charge is 0.494 e. The van der Waals surface area contributed by atoms with Gasteiger partial charge in [0.2, 0.25) is 11.8 Å². The Morgan fingerprint density at radius 2 is 1.52 bits per heavy atom. The van der Waals surface area contributed by atoms with Gasteiger partial charge in [0.15, 0.2) is 17.5 Å². The molecule has 0 amide bonds. The van der Waals surface area contributed by atoms with Crippen molar-refractivity contribution in [1.82, 2.24) is 4.57 Å². The molecule has 7 heteroatoms. The average molecular weight is 297 g/mol. The second kappa shape index (κ2) is 3.94. The molecule has 2 atom stereocenters. The van der Waals surface area contributed by atoms with Crippen LogP contribution in [0, 0.1) is 17.5 Å². The summed E-state index contributed by atoms with van der Waals surface area (Å²) < 4.78 is 46.6. The maximum absolute atomic E-state index is 13.9. The number of hydrogen-bond donors (Lipinski definition) is 2. The molecule has 4 rings (SSSR count). The Labute approximate surface area is 117 Å². The molecule has 1 aromatic heterocycles. The van der Waals surface area contributed by atoms with Crippen LogP contribution in [0.2, 0.25) is 0 Å². The summed E-state index contributed by atoms with van der Waals surface area (Å²) in [6.07, 6.45) is 0.667. The zero-order valence-electron chi connectivity index (χ0n) is 10.6. The highest BCUT2D eigenvalue weighted by Crippen LogP contribution is 2.58. The molecule has 1 fully saturated rings. The molecular formula is C14H10F3NO3. The van der Waals surface area contributed by atoms with Gasteiger partial charge in [-0.05, 0) is 25.0 Å². The van der Waals surface area contributed by atoms with Crippen molar-refractivity contribution in [3.63, 3.8) is 0 Å². The van der Waals surface area contributed by atoms with Gasteiger partial charge in [-0.25, -0.2) is 17.7 Å². The zero-order chi connectivity index (χ0) is 14.9. The van der Waals surface area contributed by atoms with Crippen molar-refractivity contribution in [2.75, 3.05) is 0 Å². The first-order chi connectivity index (χ1) is 10.0. The summed E-state index contributed by atoms with van der Waals surface area (Å²) in [7, 11) is 0. The summed E-state index contributed by atoms with van der Waals surface area (Å²) >= 11 is 0. The predicted octanol–water partition coefficient (Wildman–Crippen LogP) is 3.21. The van der Waals surface area contributed by atoms with Crippen LogP contribution in [0.1, 0.15) is 36.2 Å². The second-order valence-electron chi connectivity index (χ2n) is 5.20. The van der Waals surface area contributed by atoms with E-state index in [9.17, 15) is 23.4 Å². The lowest BCUT2D eigenvalue weighted by atomic mass is 9.95. The Balaban J connectivity index is 1.98. The van der Waals surface area contributed by atoms with Crippen LogP contribution in [-0.2, 0) is 4.74 Å². The highest BCUT2D eigenvalue weighted by Gasteiger charge is 2.45. The lowest BCUT2D eigenvalue weighted by Crippen LogP contribution is -2.02. The Morgan fingerprint density at radius 3 is 2.10 bits per heavy atom. The lowest BCUT2D eigenvalue weighted by molar-refractivity contribution is 0.0682. The standard InChI is InChI=1S/C14H10F3NO3/c15-5-1-2-6(12(17)11(5)16)18-13(19)9-7-3-4-8(21-7)10(9)14(18)20/h1-2,7-8,19-20H,3-4H2/t7-,8+. The van der Waals surface area contributed by atoms with Crippen LogP contribution in [0.5, 0.6) is 11.8 Å². The van der Waals surface area contributed by atoms with Crippen LogP contribution in [0.3, 0.4) is 0 Å². The van der Waals surface area contributed by atoms with E-state index in [2.05, 4.69) is 0 Å². The van der Waals surface area contributed by atoms with Gasteiger partial charge in [-0.15, -0.1) is 0 Å². The Hall–Kier alpha value is -2.15. The first-order valence-corrected chi connectivity index (χ1v) is 6.46. The molecule has 2 aromatic rings. The molecule has 0 unspecified atom stereocenters. The van der Waals surface area contributed by atoms with Gasteiger partial charge in [-0.3, -0.25) is 0 Å². The highest BCUT2D eigenvalue weighted by molar-refractivity contribution is 5.57. The fraction of sp³-hybridized carbons (Fsp3) is 0.286. The molecular weight excluding hydrogens is 287 g/mol. The quantitative estimate of drug-likeness (QED) is 0.795. The van der Waals surface area contributed by atoms with E-state index in [4.69, 9.17) is 4.74 Å². The number of fused-ring (bicyclic) bond motifs is 5. The Morgan fingerprint density at radius 1 is 0.952 bits per heavy atom. The number of hydrogen-bond acceptors (Lipinski definition) is 3. The van der Waals surface area contributed by atoms with Crippen molar-refractivity contribution in [2.24, 2.45) is 0 Å². The molecule has 0 radical (unpaired) electrons. The van der Waals surface area contributed by atoms with Crippen LogP contribution >= 0.6 is 0 Å². The van der Waals surface area contributed by atoms with Crippen molar-refractivity contribution in [1.29, 1.82) is 0 Å². The second-order valence-corrected chi connectivity index (χ2v) is 5.20. The highest BCUT2D eigenvalue weighted by atomic mass is 19.2. The molecule has 21 heavy (non-hydrogen) atoms. The third-order valence-corrected chi connectivity index (χ3v) is 4.11. The fourth-order valence-electron chi connectivity index (χ4n) is 3.20. The summed E-state index contributed by atoms with van der Waals surface area (Å²) in [6, 6.07) is 1.70. The summed E-state index contributed by atoms with van der Waals surface area (Å²) in [6.45, 7) is 0. The van der Waals surface area contributed by atoms with E-state index in [-0.39, 0.29) is 12.2 Å². The van der Waals surface area contributed by atoms with E-state index in [1.807, 2.05) is 0 Å². The van der Waals surface area contributed by atoms with Crippen molar-refractivity contribution >= 4 is 0 Å². The summed E-state index contributed by atoms with van der Waals surface area (Å²) in [5, 5.41) is 20.5. The minimum absolute atomic E-state index is 0.356. The topological polar surface area (TPSA) is 54.6 Å². The van der Waals surface area contributed by atoms with Crippen LogP contribution in [0.15, 0.2) is 12.1 Å². The molecule has 3 heterocycles.